The first-order chi connectivity index (χ1) is 11.2. The molecule has 1 aliphatic carbocycles. The summed E-state index contributed by atoms with van der Waals surface area (Å²) in [6.45, 7) is 3.16. The van der Waals surface area contributed by atoms with Gasteiger partial charge in [-0.05, 0) is 37.3 Å². The largest absolute Gasteiger partial charge is 0.465 e. The van der Waals surface area contributed by atoms with Crippen LogP contribution >= 0.6 is 0 Å². The Hall–Kier alpha value is -1.84. The van der Waals surface area contributed by atoms with Crippen molar-refractivity contribution in [2.24, 2.45) is 11.8 Å². The van der Waals surface area contributed by atoms with E-state index >= 15 is 0 Å². The number of hydrogen-bond donors (Lipinski definition) is 0. The average Bonchev–Trinajstić information content (AvgIpc) is 3.03. The van der Waals surface area contributed by atoms with E-state index < -0.39 is 0 Å². The number of esters is 1. The lowest BCUT2D eigenvalue weighted by Crippen LogP contribution is -2.42. The number of amides is 1. The Kier molecular flexibility index (Phi) is 4.99. The van der Waals surface area contributed by atoms with E-state index in [1.807, 2.05) is 30.0 Å². The number of rotatable bonds is 4. The Balaban J connectivity index is 1.76. The molecule has 1 saturated carbocycles. The third-order valence-electron chi connectivity index (χ3n) is 4.99. The molecular formula is C19H25NO3. The van der Waals surface area contributed by atoms with Crippen LogP contribution in [-0.4, -0.2) is 25.0 Å². The van der Waals surface area contributed by atoms with Crippen molar-refractivity contribution in [3.63, 3.8) is 0 Å². The molecule has 0 bridgehead atoms. The van der Waals surface area contributed by atoms with E-state index in [-0.39, 0.29) is 23.7 Å². The third-order valence-corrected chi connectivity index (χ3v) is 4.99. The lowest BCUT2D eigenvalue weighted by Gasteiger charge is -2.32. The molecule has 0 radical (unpaired) electrons. The second-order valence-corrected chi connectivity index (χ2v) is 6.53. The molecule has 4 heteroatoms. The molecule has 0 aromatic heterocycles. The van der Waals surface area contributed by atoms with Gasteiger partial charge in [0, 0.05) is 12.2 Å². The number of nitrogens with zero attached hydrogens (tertiary/aromatic N) is 1. The van der Waals surface area contributed by atoms with E-state index in [0.717, 1.165) is 50.8 Å². The summed E-state index contributed by atoms with van der Waals surface area (Å²) in [6, 6.07) is 8.07. The maximum Gasteiger partial charge on any atom is 0.309 e. The Morgan fingerprint density at radius 3 is 2.70 bits per heavy atom. The fourth-order valence-electron chi connectivity index (χ4n) is 3.79. The molecule has 1 heterocycles. The number of benzene rings is 1. The van der Waals surface area contributed by atoms with Gasteiger partial charge in [0.15, 0.2) is 0 Å². The highest BCUT2D eigenvalue weighted by Gasteiger charge is 2.40. The monoisotopic (exact) mass is 315 g/mol. The summed E-state index contributed by atoms with van der Waals surface area (Å²) in [4.78, 5) is 27.3. The lowest BCUT2D eigenvalue weighted by molar-refractivity contribution is -0.154. The van der Waals surface area contributed by atoms with E-state index in [4.69, 9.17) is 4.74 Å². The molecule has 1 aromatic rings. The number of para-hydroxylation sites is 1. The number of carbonyl (C=O) groups excluding carboxylic acids is 2. The molecule has 124 valence electrons. The number of fused-ring (bicyclic) bond motifs is 1. The minimum absolute atomic E-state index is 0.105. The van der Waals surface area contributed by atoms with Crippen LogP contribution in [-0.2, 0) is 20.7 Å². The van der Waals surface area contributed by atoms with Gasteiger partial charge in [0.1, 0.15) is 0 Å². The fourth-order valence-corrected chi connectivity index (χ4v) is 3.79. The minimum atomic E-state index is -0.268. The van der Waals surface area contributed by atoms with Crippen LogP contribution in [0.15, 0.2) is 24.3 Å². The predicted octanol–water partition coefficient (Wildman–Crippen LogP) is 3.34. The molecule has 2 unspecified atom stereocenters. The molecule has 1 aromatic carbocycles. The summed E-state index contributed by atoms with van der Waals surface area (Å²) in [7, 11) is 0. The average molecular weight is 315 g/mol. The van der Waals surface area contributed by atoms with Crippen LogP contribution in [0.3, 0.4) is 0 Å². The predicted molar refractivity (Wildman–Crippen MR) is 89.2 cm³/mol. The Labute approximate surface area is 137 Å². The van der Waals surface area contributed by atoms with Crippen molar-refractivity contribution >= 4 is 17.6 Å². The van der Waals surface area contributed by atoms with Crippen LogP contribution in [0, 0.1) is 11.8 Å². The first-order valence-corrected chi connectivity index (χ1v) is 8.78. The first-order valence-electron chi connectivity index (χ1n) is 8.78. The zero-order chi connectivity index (χ0) is 16.2. The van der Waals surface area contributed by atoms with Crippen LogP contribution in [0.25, 0.3) is 0 Å². The van der Waals surface area contributed by atoms with Crippen molar-refractivity contribution in [3.05, 3.63) is 29.8 Å². The Morgan fingerprint density at radius 1 is 1.17 bits per heavy atom. The molecule has 1 aliphatic heterocycles. The van der Waals surface area contributed by atoms with Crippen molar-refractivity contribution in [1.82, 2.24) is 0 Å². The number of anilines is 1. The fraction of sp³-hybridized carbons (Fsp3) is 0.579. The molecule has 3 rings (SSSR count). The van der Waals surface area contributed by atoms with Gasteiger partial charge >= 0.3 is 5.97 Å². The molecule has 1 amide bonds. The zero-order valence-electron chi connectivity index (χ0n) is 13.8. The van der Waals surface area contributed by atoms with Crippen LogP contribution in [0.1, 0.15) is 44.6 Å². The summed E-state index contributed by atoms with van der Waals surface area (Å²) in [5.41, 5.74) is 2.24. The van der Waals surface area contributed by atoms with E-state index in [0.29, 0.717) is 6.61 Å². The molecule has 4 nitrogen and oxygen atoms in total. The SMILES string of the molecule is CCCOC(=O)C1CCCCC1C(=O)N1CCc2ccccc21. The number of hydrogen-bond acceptors (Lipinski definition) is 3. The molecule has 0 N–H and O–H groups in total. The standard InChI is InChI=1S/C19H25NO3/c1-2-13-23-19(22)16-9-5-4-8-15(16)18(21)20-12-11-14-7-3-6-10-17(14)20/h3,6-7,10,15-16H,2,4-5,8-9,11-13H2,1H3. The van der Waals surface area contributed by atoms with Crippen molar-refractivity contribution in [2.75, 3.05) is 18.1 Å². The Bertz CT molecular complexity index is 584. The van der Waals surface area contributed by atoms with Crippen molar-refractivity contribution < 1.29 is 14.3 Å². The Morgan fingerprint density at radius 2 is 1.91 bits per heavy atom. The third kappa shape index (κ3) is 3.26. The van der Waals surface area contributed by atoms with Gasteiger partial charge in [-0.15, -0.1) is 0 Å². The summed E-state index contributed by atoms with van der Waals surface area (Å²) >= 11 is 0. The molecular weight excluding hydrogens is 290 g/mol. The maximum absolute atomic E-state index is 13.1. The second-order valence-electron chi connectivity index (χ2n) is 6.53. The lowest BCUT2D eigenvalue weighted by atomic mass is 9.78. The van der Waals surface area contributed by atoms with Crippen LogP contribution < -0.4 is 4.90 Å². The van der Waals surface area contributed by atoms with Crippen molar-refractivity contribution in [3.8, 4) is 0 Å². The zero-order valence-corrected chi connectivity index (χ0v) is 13.8. The maximum atomic E-state index is 13.1. The molecule has 2 aliphatic rings. The molecule has 0 saturated heterocycles. The van der Waals surface area contributed by atoms with E-state index in [1.165, 1.54) is 5.56 Å². The topological polar surface area (TPSA) is 46.6 Å². The summed E-state index contributed by atoms with van der Waals surface area (Å²) in [5, 5.41) is 0. The highest BCUT2D eigenvalue weighted by Crippen LogP contribution is 2.36. The van der Waals surface area contributed by atoms with Gasteiger partial charge in [0.2, 0.25) is 5.91 Å². The van der Waals surface area contributed by atoms with Gasteiger partial charge in [-0.25, -0.2) is 0 Å². The van der Waals surface area contributed by atoms with E-state index in [1.54, 1.807) is 0 Å². The van der Waals surface area contributed by atoms with E-state index in [9.17, 15) is 9.59 Å². The molecule has 1 fully saturated rings. The normalized spacial score (nSPS) is 23.4. The first kappa shape index (κ1) is 16.0. The highest BCUT2D eigenvalue weighted by molar-refractivity contribution is 5.99. The number of carbonyl (C=O) groups is 2. The summed E-state index contributed by atoms with van der Waals surface area (Å²) in [6.07, 6.45) is 5.31. The van der Waals surface area contributed by atoms with Crippen LogP contribution in [0.2, 0.25) is 0 Å². The van der Waals surface area contributed by atoms with Crippen LogP contribution in [0.4, 0.5) is 5.69 Å². The van der Waals surface area contributed by atoms with Gasteiger partial charge in [0.05, 0.1) is 18.4 Å². The van der Waals surface area contributed by atoms with Gasteiger partial charge in [0.25, 0.3) is 0 Å². The highest BCUT2D eigenvalue weighted by atomic mass is 16.5. The summed E-state index contributed by atoms with van der Waals surface area (Å²) < 4.78 is 5.33. The molecule has 0 spiro atoms. The number of ether oxygens (including phenoxy) is 1. The molecule has 23 heavy (non-hydrogen) atoms. The smallest absolute Gasteiger partial charge is 0.309 e. The van der Waals surface area contributed by atoms with Crippen molar-refractivity contribution in [1.29, 1.82) is 0 Å². The second kappa shape index (κ2) is 7.16. The van der Waals surface area contributed by atoms with Crippen molar-refractivity contribution in [2.45, 2.75) is 45.4 Å². The van der Waals surface area contributed by atoms with Gasteiger partial charge in [-0.2, -0.15) is 0 Å². The van der Waals surface area contributed by atoms with Gasteiger partial charge < -0.3 is 9.64 Å². The van der Waals surface area contributed by atoms with Gasteiger partial charge in [-0.1, -0.05) is 38.0 Å². The minimum Gasteiger partial charge on any atom is -0.465 e. The summed E-state index contributed by atoms with van der Waals surface area (Å²) in [5.74, 6) is -0.569. The quantitative estimate of drug-likeness (QED) is 0.801. The molecule has 2 atom stereocenters. The van der Waals surface area contributed by atoms with E-state index in [2.05, 4.69) is 6.07 Å². The van der Waals surface area contributed by atoms with Gasteiger partial charge in [-0.3, -0.25) is 9.59 Å². The van der Waals surface area contributed by atoms with Crippen LogP contribution in [0.5, 0.6) is 0 Å².